The van der Waals surface area contributed by atoms with E-state index in [1.807, 2.05) is 25.8 Å². The van der Waals surface area contributed by atoms with Crippen LogP contribution in [0.15, 0.2) is 59.6 Å². The first kappa shape index (κ1) is 24.1. The molecule has 0 unspecified atom stereocenters. The van der Waals surface area contributed by atoms with Crippen LogP contribution in [0.3, 0.4) is 0 Å². The van der Waals surface area contributed by atoms with Crippen molar-refractivity contribution in [3.05, 3.63) is 59.6 Å². The average molecular weight is 396 g/mol. The van der Waals surface area contributed by atoms with Crippen LogP contribution in [-0.2, 0) is 14.3 Å². The summed E-state index contributed by atoms with van der Waals surface area (Å²) in [4.78, 5) is 11.6. The molecule has 0 bridgehead atoms. The molecule has 0 saturated heterocycles. The number of alkyl halides is 1. The molecular formula is C19H26BrNO3. The highest BCUT2D eigenvalue weighted by molar-refractivity contribution is 9.08. The summed E-state index contributed by atoms with van der Waals surface area (Å²) in [5.41, 5.74) is 1.50. The molecule has 0 rings (SSSR count). The zero-order chi connectivity index (χ0) is 19.0. The Morgan fingerprint density at radius 1 is 1.25 bits per heavy atom. The number of carbonyl (C=O) groups is 1. The molecule has 0 fully saturated rings. The Morgan fingerprint density at radius 3 is 2.33 bits per heavy atom. The number of methoxy groups -OCH3 is 2. The van der Waals surface area contributed by atoms with Crippen molar-refractivity contribution in [2.75, 3.05) is 26.6 Å². The van der Waals surface area contributed by atoms with Crippen LogP contribution in [0.5, 0.6) is 0 Å². The van der Waals surface area contributed by atoms with Gasteiger partial charge >= 0.3 is 5.97 Å². The fourth-order valence-corrected chi connectivity index (χ4v) is 1.33. The average Bonchev–Trinajstić information content (AvgIpc) is 2.63. The van der Waals surface area contributed by atoms with Crippen molar-refractivity contribution in [3.63, 3.8) is 0 Å². The first-order chi connectivity index (χ1) is 11.5. The molecule has 0 aliphatic carbocycles. The molecule has 0 atom stereocenters. The van der Waals surface area contributed by atoms with Crippen molar-refractivity contribution in [1.29, 1.82) is 0 Å². The molecule has 0 radical (unpaired) electrons. The third kappa shape index (κ3) is 10.5. The number of rotatable bonds is 8. The van der Waals surface area contributed by atoms with E-state index >= 15 is 0 Å². The molecule has 1 N–H and O–H groups in total. The second kappa shape index (κ2) is 15.7. The van der Waals surface area contributed by atoms with Crippen molar-refractivity contribution in [1.82, 2.24) is 5.32 Å². The van der Waals surface area contributed by atoms with Gasteiger partial charge in [-0.3, -0.25) is 0 Å². The first-order valence-electron chi connectivity index (χ1n) is 7.10. The normalized spacial score (nSPS) is 12.0. The Balaban J connectivity index is 0. The van der Waals surface area contributed by atoms with Crippen LogP contribution in [0.4, 0.5) is 0 Å². The van der Waals surface area contributed by atoms with Crippen LogP contribution in [-0.4, -0.2) is 32.6 Å². The molecule has 0 aromatic carbocycles. The lowest BCUT2D eigenvalue weighted by Crippen LogP contribution is -2.21. The molecule has 0 heterocycles. The number of ether oxygens (including phenoxy) is 2. The number of halogens is 1. The van der Waals surface area contributed by atoms with E-state index in [1.165, 1.54) is 7.11 Å². The van der Waals surface area contributed by atoms with Gasteiger partial charge in [0, 0.05) is 17.8 Å². The Morgan fingerprint density at radius 2 is 1.88 bits per heavy atom. The molecule has 0 aromatic rings. The summed E-state index contributed by atoms with van der Waals surface area (Å²) < 4.78 is 9.71. The summed E-state index contributed by atoms with van der Waals surface area (Å²) in [6.45, 7) is 7.81. The van der Waals surface area contributed by atoms with Gasteiger partial charge in [0.15, 0.2) is 0 Å². The van der Waals surface area contributed by atoms with Gasteiger partial charge in [0.1, 0.15) is 0 Å². The van der Waals surface area contributed by atoms with Gasteiger partial charge in [-0.1, -0.05) is 40.6 Å². The predicted octanol–water partition coefficient (Wildman–Crippen LogP) is 3.89. The fourth-order valence-electron chi connectivity index (χ4n) is 1.33. The van der Waals surface area contributed by atoms with E-state index in [2.05, 4.69) is 38.5 Å². The number of nitrogens with one attached hydrogen (secondary N) is 1. The zero-order valence-corrected chi connectivity index (χ0v) is 16.6. The monoisotopic (exact) mass is 395 g/mol. The largest absolute Gasteiger partial charge is 0.501 e. The molecule has 0 aliphatic rings. The number of allylic oxidation sites excluding steroid dienone is 6. The first-order valence-corrected chi connectivity index (χ1v) is 8.69. The van der Waals surface area contributed by atoms with E-state index < -0.39 is 5.97 Å². The minimum absolute atomic E-state index is 0.237. The highest BCUT2D eigenvalue weighted by atomic mass is 79.9. The lowest BCUT2D eigenvalue weighted by Gasteiger charge is -2.11. The highest BCUT2D eigenvalue weighted by Gasteiger charge is 2.11. The van der Waals surface area contributed by atoms with E-state index in [9.17, 15) is 4.79 Å². The lowest BCUT2D eigenvalue weighted by molar-refractivity contribution is -0.135. The third-order valence-electron chi connectivity index (χ3n) is 2.71. The second-order valence-electron chi connectivity index (χ2n) is 4.25. The number of hydrogen-bond donors (Lipinski definition) is 1. The summed E-state index contributed by atoms with van der Waals surface area (Å²) in [6.07, 6.45) is 14.4. The van der Waals surface area contributed by atoms with Crippen molar-refractivity contribution in [3.8, 4) is 12.3 Å². The third-order valence-corrected chi connectivity index (χ3v) is 2.71. The van der Waals surface area contributed by atoms with Crippen LogP contribution in [0.2, 0.25) is 0 Å². The number of esters is 1. The van der Waals surface area contributed by atoms with Crippen LogP contribution in [0.25, 0.3) is 0 Å². The van der Waals surface area contributed by atoms with E-state index in [0.29, 0.717) is 17.8 Å². The van der Waals surface area contributed by atoms with Gasteiger partial charge in [-0.2, -0.15) is 0 Å². The van der Waals surface area contributed by atoms with E-state index in [0.717, 1.165) is 5.76 Å². The van der Waals surface area contributed by atoms with Gasteiger partial charge < -0.3 is 14.8 Å². The van der Waals surface area contributed by atoms with Gasteiger partial charge in [-0.05, 0) is 37.9 Å². The topological polar surface area (TPSA) is 47.6 Å². The van der Waals surface area contributed by atoms with Crippen LogP contribution in [0, 0.1) is 12.3 Å². The van der Waals surface area contributed by atoms with Gasteiger partial charge in [-0.25, -0.2) is 4.79 Å². The predicted molar refractivity (Wildman–Crippen MR) is 105 cm³/mol. The van der Waals surface area contributed by atoms with Crippen LogP contribution >= 0.6 is 15.9 Å². The Kier molecular flexibility index (Phi) is 15.7. The van der Waals surface area contributed by atoms with Crippen molar-refractivity contribution >= 4 is 21.9 Å². The fraction of sp³-hybridized carbons (Fsp3) is 0.316. The molecule has 5 heteroatoms. The molecule has 132 valence electrons. The minimum Gasteiger partial charge on any atom is -0.501 e. The Labute approximate surface area is 154 Å². The number of carbonyl (C=O) groups excluding carboxylic acids is 1. The summed E-state index contributed by atoms with van der Waals surface area (Å²) in [7, 11) is 2.90. The molecule has 0 amide bonds. The quantitative estimate of drug-likeness (QED) is 0.169. The van der Waals surface area contributed by atoms with E-state index in [-0.39, 0.29) is 5.57 Å². The molecule has 0 spiro atoms. The smallest absolute Gasteiger partial charge is 0.339 e. The number of hydrogen-bond acceptors (Lipinski definition) is 4. The van der Waals surface area contributed by atoms with Gasteiger partial charge in [0.2, 0.25) is 0 Å². The molecule has 0 aromatic heterocycles. The molecular weight excluding hydrogens is 370 g/mol. The Bertz CT molecular complexity index is 564. The highest BCUT2D eigenvalue weighted by Crippen LogP contribution is 2.08. The van der Waals surface area contributed by atoms with Gasteiger partial charge in [0.05, 0.1) is 25.6 Å². The van der Waals surface area contributed by atoms with Crippen molar-refractivity contribution in [2.24, 2.45) is 0 Å². The summed E-state index contributed by atoms with van der Waals surface area (Å²) in [5.74, 6) is 4.65. The van der Waals surface area contributed by atoms with Crippen LogP contribution < -0.4 is 5.32 Å². The summed E-state index contributed by atoms with van der Waals surface area (Å²) in [5, 5.41) is 3.09. The minimum atomic E-state index is -0.496. The molecule has 0 saturated carbocycles. The second-order valence-corrected chi connectivity index (χ2v) is 4.25. The van der Waals surface area contributed by atoms with E-state index in [1.54, 1.807) is 31.4 Å². The van der Waals surface area contributed by atoms with Crippen LogP contribution in [0.1, 0.15) is 13.8 Å². The van der Waals surface area contributed by atoms with Gasteiger partial charge in [-0.15, -0.1) is 6.42 Å². The zero-order valence-electron chi connectivity index (χ0n) is 15.0. The SMILES string of the molecule is C#C/C(=C\C=C(/C)OC)CN/C(=C/C=C\C)C(=C)C(=O)OC.CBr. The molecule has 4 nitrogen and oxygen atoms in total. The van der Waals surface area contributed by atoms with Crippen molar-refractivity contribution < 1.29 is 14.3 Å². The molecule has 24 heavy (non-hydrogen) atoms. The summed E-state index contributed by atoms with van der Waals surface area (Å²) in [6, 6.07) is 0. The maximum Gasteiger partial charge on any atom is 0.339 e. The number of terminal acetylenes is 1. The van der Waals surface area contributed by atoms with Crippen molar-refractivity contribution in [2.45, 2.75) is 13.8 Å². The Hall–Kier alpha value is -2.19. The van der Waals surface area contributed by atoms with E-state index in [4.69, 9.17) is 11.2 Å². The van der Waals surface area contributed by atoms with Gasteiger partial charge in [0.25, 0.3) is 0 Å². The lowest BCUT2D eigenvalue weighted by atomic mass is 10.1. The maximum atomic E-state index is 11.6. The standard InChI is InChI=1S/C18H23NO3.CH3Br/c1-7-9-10-17(15(4)18(20)22-6)19-13-16(8-2)12-11-14(3)21-5;1-2/h2,7,9-12,19H,4,13H2,1,3,5-6H3;1H3/b9-7-,14-11+,16-12+,17-10+;. The molecule has 0 aliphatic heterocycles. The summed E-state index contributed by atoms with van der Waals surface area (Å²) >= 11 is 2.94. The maximum absolute atomic E-state index is 11.6.